The van der Waals surface area contributed by atoms with E-state index < -0.39 is 164 Å². The Labute approximate surface area is 471 Å². The highest BCUT2D eigenvalue weighted by Gasteiger charge is 2.37. The average molecular weight is 1170 g/mol. The zero-order valence-electron chi connectivity index (χ0n) is 45.7. The number of aliphatic hydroxyl groups excluding tert-OH is 4. The summed E-state index contributed by atoms with van der Waals surface area (Å²) in [4.78, 5) is 127. The quantitative estimate of drug-likeness (QED) is 0.0218. The molecule has 10 atom stereocenters. The first-order chi connectivity index (χ1) is 38.1. The number of unbranched alkanes of at least 4 members (excludes halogenated alkanes) is 3. The number of primary amides is 1. The average Bonchev–Trinajstić information content (AvgIpc) is 3.83. The topological polar surface area (TPSA) is 466 Å². The fourth-order valence-electron chi connectivity index (χ4n) is 8.47. The number of aliphatic hydroxyl groups is 4. The zero-order chi connectivity index (χ0) is 59.5. The van der Waals surface area contributed by atoms with Crippen molar-refractivity contribution >= 4 is 87.0 Å². The van der Waals surface area contributed by atoms with Crippen molar-refractivity contribution in [2.45, 2.75) is 138 Å². The number of hydrogen-bond acceptors (Lipinski definition) is 19. The van der Waals surface area contributed by atoms with Crippen LogP contribution in [0.25, 0.3) is 10.9 Å². The number of hydrogen-bond donors (Lipinski definition) is 16. The number of fused-ring (bicyclic) bond motifs is 3. The molecule has 3 rings (SSSR count). The summed E-state index contributed by atoms with van der Waals surface area (Å²) in [7, 11) is 1.46. The van der Waals surface area contributed by atoms with E-state index in [0.29, 0.717) is 72.6 Å². The van der Waals surface area contributed by atoms with Crippen LogP contribution in [0.5, 0.6) is 5.75 Å². The van der Waals surface area contributed by atoms with Crippen LogP contribution in [0.4, 0.5) is 0 Å². The fraction of sp³-hybridized carbons (Fsp3) is 0.660. The molecule has 0 spiro atoms. The van der Waals surface area contributed by atoms with Gasteiger partial charge in [-0.3, -0.25) is 43.2 Å². The molecule has 2 aromatic rings. The molecule has 450 valence electrons. The van der Waals surface area contributed by atoms with Crippen molar-refractivity contribution in [1.82, 2.24) is 47.5 Å². The van der Waals surface area contributed by atoms with Gasteiger partial charge in [0.05, 0.1) is 76.6 Å². The van der Waals surface area contributed by atoms with Gasteiger partial charge in [-0.25, -0.2) is 5.90 Å². The van der Waals surface area contributed by atoms with Gasteiger partial charge in [-0.05, 0) is 49.5 Å². The number of amides is 9. The molecule has 2 heterocycles. The maximum atomic E-state index is 15.1. The lowest BCUT2D eigenvalue weighted by molar-refractivity contribution is -0.134. The lowest BCUT2D eigenvalue weighted by Gasteiger charge is -2.29. The molecule has 1 aromatic heterocycles. The monoisotopic (exact) mass is 1170 g/mol. The smallest absolute Gasteiger partial charge is 0.248 e. The van der Waals surface area contributed by atoms with Crippen LogP contribution in [0.3, 0.4) is 0 Å². The summed E-state index contributed by atoms with van der Waals surface area (Å²) in [5, 5.41) is 62.6. The summed E-state index contributed by atoms with van der Waals surface area (Å²) in [6.07, 6.45) is -0.505. The zero-order valence-corrected chi connectivity index (χ0v) is 47.4. The molecule has 1 aliphatic rings. The molecule has 1 aliphatic heterocycles. The number of benzene rings is 1. The lowest BCUT2D eigenvalue weighted by atomic mass is 9.94. The van der Waals surface area contributed by atoms with Crippen LogP contribution in [0.2, 0.25) is 0 Å². The summed E-state index contributed by atoms with van der Waals surface area (Å²) in [6, 6.07) is -4.16. The van der Waals surface area contributed by atoms with Gasteiger partial charge in [0, 0.05) is 65.3 Å². The predicted molar refractivity (Wildman–Crippen MR) is 295 cm³/mol. The Morgan fingerprint density at radius 3 is 2.33 bits per heavy atom. The van der Waals surface area contributed by atoms with E-state index in [0.717, 1.165) is 19.3 Å². The minimum atomic E-state index is -2.37. The van der Waals surface area contributed by atoms with Gasteiger partial charge in [0.1, 0.15) is 29.6 Å². The number of aromatic amines is 1. The van der Waals surface area contributed by atoms with Crippen molar-refractivity contribution in [2.75, 3.05) is 64.6 Å². The Morgan fingerprint density at radius 1 is 0.938 bits per heavy atom. The molecule has 28 nitrogen and oxygen atoms in total. The minimum absolute atomic E-state index is 0.0493. The van der Waals surface area contributed by atoms with Crippen LogP contribution < -0.4 is 64.6 Å². The standard InChI is InChI=1S/C50H82N12O16S2/c1-5-27(2)43(61-41(70)20-51)48(74)56-22-42(71)58-35-26-80(76)50-32(31-12-13-37(77-4)33(45(31)62-50)25-79-16-10-8-14-54-39(68)11-7-6-9-15-78-53)17-29(23-63)57-49(75)44(28(3)36(66)24-64)60-40(69)18-30(65)21-55-46(72)34(19-38(52)67)59-47(35)73/h12-13,27-30,34-36,43-44,62-66H,5-11,14-26,51,53H2,1-4H3,(H2,52,67)(H,54,68)(H,55,72)(H,56,74)(H,57,75)(H,58,71)(H,59,73)(H,60,69)(H,61,70)/t27-,28-,29-,30+,34-,35-,36-,43-,44-,80?/m0/s1. The number of carbonyl (C=O) groups is 9. The number of nitrogens with one attached hydrogen (secondary N) is 9. The van der Waals surface area contributed by atoms with Crippen LogP contribution in [0, 0.1) is 11.8 Å². The molecule has 30 heteroatoms. The maximum absolute atomic E-state index is 15.1. The Morgan fingerprint density at radius 2 is 1.68 bits per heavy atom. The second-order valence-electron chi connectivity index (χ2n) is 19.5. The molecule has 1 aromatic carbocycles. The highest BCUT2D eigenvalue weighted by atomic mass is 32.2. The lowest BCUT2D eigenvalue weighted by Crippen LogP contribution is -2.58. The molecule has 1 unspecified atom stereocenters. The van der Waals surface area contributed by atoms with E-state index >= 15 is 4.55 Å². The minimum Gasteiger partial charge on any atom is -0.610 e. The SMILES string of the molecule is CC[C@H](C)[C@H](NC(=O)CN)C(=O)NCC(=O)N[C@H]1C[S+]([O-])c2[nH]c3c(CSCCCCNC(=O)CCCCCON)c(OC)ccc3c2C[C@@H](CO)NC(=O)[C@H]([C@@H](C)[C@@H](O)CO)NC(=O)C[C@@H](O)CNC(=O)[C@H](CC(N)=O)NC1=O. The van der Waals surface area contributed by atoms with Crippen LogP contribution in [0.15, 0.2) is 17.2 Å². The van der Waals surface area contributed by atoms with Gasteiger partial charge < -0.3 is 93.5 Å². The van der Waals surface area contributed by atoms with E-state index in [-0.39, 0.29) is 22.9 Å². The van der Waals surface area contributed by atoms with Gasteiger partial charge in [0.15, 0.2) is 6.04 Å². The fourth-order valence-corrected chi connectivity index (χ4v) is 10.9. The Hall–Kier alpha value is -5.83. The summed E-state index contributed by atoms with van der Waals surface area (Å²) in [5.74, 6) is -3.49. The number of methoxy groups -OCH3 is 1. The van der Waals surface area contributed by atoms with Gasteiger partial charge in [-0.15, -0.1) is 0 Å². The Bertz CT molecular complexity index is 2390. The largest absolute Gasteiger partial charge is 0.610 e. The number of H-pyrrole nitrogens is 1. The number of nitrogens with two attached hydrogens (primary N) is 3. The van der Waals surface area contributed by atoms with E-state index in [4.69, 9.17) is 22.1 Å². The molecule has 0 radical (unpaired) electrons. The van der Waals surface area contributed by atoms with Crippen LogP contribution in [-0.4, -0.2) is 190 Å². The molecule has 80 heavy (non-hydrogen) atoms. The van der Waals surface area contributed by atoms with E-state index in [1.807, 2.05) is 0 Å². The van der Waals surface area contributed by atoms with Gasteiger partial charge in [-0.2, -0.15) is 11.8 Å². The third-order valence-corrected chi connectivity index (χ3v) is 15.8. The van der Waals surface area contributed by atoms with Crippen LogP contribution >= 0.6 is 11.8 Å². The third-order valence-electron chi connectivity index (χ3n) is 13.3. The van der Waals surface area contributed by atoms with Gasteiger partial charge in [0.2, 0.25) is 58.2 Å². The highest BCUT2D eigenvalue weighted by molar-refractivity contribution is 7.98. The Kier molecular flexibility index (Phi) is 30.6. The third kappa shape index (κ3) is 22.3. The summed E-state index contributed by atoms with van der Waals surface area (Å²) in [6.45, 7) is 2.33. The number of ether oxygens (including phenoxy) is 1. The van der Waals surface area contributed by atoms with Crippen LogP contribution in [0.1, 0.15) is 89.7 Å². The van der Waals surface area contributed by atoms with E-state index in [9.17, 15) is 63.6 Å². The first-order valence-corrected chi connectivity index (χ1v) is 29.0. The van der Waals surface area contributed by atoms with Crippen molar-refractivity contribution in [2.24, 2.45) is 29.2 Å². The molecule has 19 N–H and O–H groups in total. The van der Waals surface area contributed by atoms with Crippen molar-refractivity contribution in [3.63, 3.8) is 0 Å². The van der Waals surface area contributed by atoms with E-state index in [2.05, 4.69) is 52.4 Å². The molecular weight excluding hydrogens is 1090 g/mol. The van der Waals surface area contributed by atoms with Crippen molar-refractivity contribution < 1.29 is 77.7 Å². The molecule has 0 fully saturated rings. The normalized spacial score (nSPS) is 21.2. The predicted octanol–water partition coefficient (Wildman–Crippen LogP) is -4.31. The summed E-state index contributed by atoms with van der Waals surface area (Å²) in [5.41, 5.74) is 12.2. The highest BCUT2D eigenvalue weighted by Crippen LogP contribution is 2.37. The van der Waals surface area contributed by atoms with Crippen molar-refractivity contribution in [3.05, 3.63) is 23.3 Å². The van der Waals surface area contributed by atoms with Gasteiger partial charge in [-0.1, -0.05) is 33.6 Å². The van der Waals surface area contributed by atoms with Gasteiger partial charge >= 0.3 is 0 Å². The number of aromatic nitrogens is 1. The maximum Gasteiger partial charge on any atom is 0.248 e. The second-order valence-corrected chi connectivity index (χ2v) is 22.0. The molecule has 0 aliphatic carbocycles. The Balaban J connectivity index is 2.15. The molecule has 0 bridgehead atoms. The van der Waals surface area contributed by atoms with E-state index in [1.165, 1.54) is 25.8 Å². The first kappa shape index (κ1) is 68.4. The van der Waals surface area contributed by atoms with Crippen molar-refractivity contribution in [3.8, 4) is 5.75 Å². The first-order valence-electron chi connectivity index (χ1n) is 26.5. The number of thioether (sulfide) groups is 1. The molecule has 0 saturated heterocycles. The molecule has 9 amide bonds. The van der Waals surface area contributed by atoms with E-state index in [1.54, 1.807) is 26.0 Å². The second kappa shape index (κ2) is 35.8. The van der Waals surface area contributed by atoms with Crippen molar-refractivity contribution in [1.29, 1.82) is 0 Å². The summed E-state index contributed by atoms with van der Waals surface area (Å²) < 4.78 is 20.9. The number of rotatable bonds is 28. The van der Waals surface area contributed by atoms with Gasteiger partial charge in [0.25, 0.3) is 0 Å². The van der Waals surface area contributed by atoms with Crippen LogP contribution in [-0.2, 0) is 71.3 Å². The molecule has 0 saturated carbocycles. The number of carbonyl (C=O) groups excluding carboxylic acids is 9. The summed E-state index contributed by atoms with van der Waals surface area (Å²) >= 11 is -0.837. The number of β-amino-alcohol motifs (C(OH)–C–C–N with tert-alkyl or cyclic N) is 1. The molecular formula is C50H82N12O16S2.